The highest BCUT2D eigenvalue weighted by Crippen LogP contribution is 2.22. The minimum Gasteiger partial charge on any atom is -0.256 e. The minimum atomic E-state index is 0.995. The molecule has 0 spiro atoms. The quantitative estimate of drug-likeness (QED) is 0.584. The van der Waals surface area contributed by atoms with Gasteiger partial charge in [0.2, 0.25) is 0 Å². The Labute approximate surface area is 96.5 Å². The van der Waals surface area contributed by atoms with E-state index in [0.29, 0.717) is 0 Å². The Morgan fingerprint density at radius 3 is 2.47 bits per heavy atom. The third-order valence-electron chi connectivity index (χ3n) is 2.24. The number of aromatic nitrogens is 1. The van der Waals surface area contributed by atoms with Crippen molar-refractivity contribution < 1.29 is 0 Å². The van der Waals surface area contributed by atoms with Gasteiger partial charge in [-0.05, 0) is 30.0 Å². The Balaban J connectivity index is 2.42. The fraction of sp³-hybridized carbons (Fsp3) is 0.0833. The molecule has 0 amide bonds. The maximum atomic E-state index is 4.26. The van der Waals surface area contributed by atoms with Gasteiger partial charge in [0, 0.05) is 16.7 Å². The molecule has 3 heteroatoms. The largest absolute Gasteiger partial charge is 0.256 e. The lowest BCUT2D eigenvalue weighted by molar-refractivity contribution is 1.38. The van der Waals surface area contributed by atoms with Crippen LogP contribution in [0.5, 0.6) is 0 Å². The third kappa shape index (κ3) is 2.39. The van der Waals surface area contributed by atoms with Gasteiger partial charge in [0.1, 0.15) is 0 Å². The monoisotopic (exact) mass is 233 g/mol. The molecule has 0 radical (unpaired) electrons. The van der Waals surface area contributed by atoms with Crippen LogP contribution in [0.25, 0.3) is 11.1 Å². The van der Waals surface area contributed by atoms with E-state index in [4.69, 9.17) is 0 Å². The van der Waals surface area contributed by atoms with Crippen LogP contribution in [-0.4, -0.2) is 11.2 Å². The second-order valence-corrected chi connectivity index (χ2v) is 4.59. The van der Waals surface area contributed by atoms with Gasteiger partial charge >= 0.3 is 0 Å². The summed E-state index contributed by atoms with van der Waals surface area (Å²) in [5.41, 5.74) is 3.38. The summed E-state index contributed by atoms with van der Waals surface area (Å²) in [7, 11) is 2.67. The Morgan fingerprint density at radius 1 is 1.13 bits per heavy atom. The second-order valence-electron chi connectivity index (χ2n) is 3.16. The Kier molecular flexibility index (Phi) is 3.40. The van der Waals surface area contributed by atoms with Gasteiger partial charge < -0.3 is 0 Å². The van der Waals surface area contributed by atoms with E-state index in [-0.39, 0.29) is 0 Å². The molecule has 76 valence electrons. The number of hydrogen-bond donors (Lipinski definition) is 0. The van der Waals surface area contributed by atoms with Crippen molar-refractivity contribution >= 4 is 26.4 Å². The smallest absolute Gasteiger partial charge is 0.0646 e. The lowest BCUT2D eigenvalue weighted by atomic mass is 10.1. The SMILES string of the molecule is CSc1ccc(-c2cccnc2P)cc1. The summed E-state index contributed by atoms with van der Waals surface area (Å²) < 4.78 is 0. The number of nitrogens with zero attached hydrogens (tertiary/aromatic N) is 1. The zero-order valence-electron chi connectivity index (χ0n) is 8.47. The Hall–Kier alpha value is -0.850. The number of pyridine rings is 1. The average molecular weight is 233 g/mol. The third-order valence-corrected chi connectivity index (χ3v) is 3.44. The maximum absolute atomic E-state index is 4.26. The van der Waals surface area contributed by atoms with Crippen LogP contribution in [0.4, 0.5) is 0 Å². The van der Waals surface area contributed by atoms with Gasteiger partial charge in [-0.3, -0.25) is 4.98 Å². The van der Waals surface area contributed by atoms with Crippen LogP contribution in [0.1, 0.15) is 0 Å². The molecule has 0 bridgehead atoms. The normalized spacial score (nSPS) is 10.3. The van der Waals surface area contributed by atoms with Gasteiger partial charge in [-0.1, -0.05) is 27.4 Å². The zero-order valence-corrected chi connectivity index (χ0v) is 10.4. The molecule has 1 unspecified atom stereocenters. The van der Waals surface area contributed by atoms with Crippen molar-refractivity contribution in [1.29, 1.82) is 0 Å². The van der Waals surface area contributed by atoms with E-state index in [1.54, 1.807) is 11.8 Å². The van der Waals surface area contributed by atoms with E-state index in [2.05, 4.69) is 50.8 Å². The van der Waals surface area contributed by atoms with E-state index in [0.717, 1.165) is 5.44 Å². The van der Waals surface area contributed by atoms with E-state index in [1.807, 2.05) is 12.3 Å². The molecule has 1 aromatic heterocycles. The highest BCUT2D eigenvalue weighted by molar-refractivity contribution is 7.98. The molecule has 1 nitrogen and oxygen atoms in total. The first-order chi connectivity index (χ1) is 7.31. The summed E-state index contributed by atoms with van der Waals surface area (Å²) in [6.07, 6.45) is 3.89. The Morgan fingerprint density at radius 2 is 1.87 bits per heavy atom. The van der Waals surface area contributed by atoms with Crippen LogP contribution >= 0.6 is 21.0 Å². The van der Waals surface area contributed by atoms with Crippen molar-refractivity contribution in [2.24, 2.45) is 0 Å². The van der Waals surface area contributed by atoms with Crippen LogP contribution in [0, 0.1) is 0 Å². The van der Waals surface area contributed by atoms with Crippen LogP contribution in [0.2, 0.25) is 0 Å². The summed E-state index contributed by atoms with van der Waals surface area (Å²) in [4.78, 5) is 5.54. The molecular formula is C12H12NPS. The van der Waals surface area contributed by atoms with Gasteiger partial charge in [0.15, 0.2) is 0 Å². The first kappa shape index (κ1) is 10.7. The van der Waals surface area contributed by atoms with Crippen LogP contribution in [0.15, 0.2) is 47.5 Å². The van der Waals surface area contributed by atoms with E-state index in [9.17, 15) is 0 Å². The van der Waals surface area contributed by atoms with Crippen molar-refractivity contribution in [3.63, 3.8) is 0 Å². The maximum Gasteiger partial charge on any atom is 0.0646 e. The molecule has 1 heterocycles. The van der Waals surface area contributed by atoms with Crippen molar-refractivity contribution in [2.75, 3.05) is 6.26 Å². The highest BCUT2D eigenvalue weighted by Gasteiger charge is 2.01. The van der Waals surface area contributed by atoms with Crippen LogP contribution in [-0.2, 0) is 0 Å². The molecule has 2 rings (SSSR count). The summed E-state index contributed by atoms with van der Waals surface area (Å²) in [6, 6.07) is 12.6. The van der Waals surface area contributed by atoms with Gasteiger partial charge in [0.05, 0.1) is 5.44 Å². The van der Waals surface area contributed by atoms with Gasteiger partial charge in [0.25, 0.3) is 0 Å². The molecule has 1 atom stereocenters. The van der Waals surface area contributed by atoms with E-state index < -0.39 is 0 Å². The Bertz CT molecular complexity index is 453. The molecule has 0 aliphatic rings. The first-order valence-corrected chi connectivity index (χ1v) is 6.46. The summed E-state index contributed by atoms with van der Waals surface area (Å²) >= 11 is 1.76. The molecule has 0 N–H and O–H groups in total. The molecule has 0 saturated carbocycles. The minimum absolute atomic E-state index is 0.995. The second kappa shape index (κ2) is 4.78. The number of hydrogen-bond acceptors (Lipinski definition) is 2. The molecule has 0 saturated heterocycles. The number of thioether (sulfide) groups is 1. The average Bonchev–Trinajstić information content (AvgIpc) is 2.30. The molecule has 0 fully saturated rings. The topological polar surface area (TPSA) is 12.9 Å². The van der Waals surface area contributed by atoms with E-state index in [1.165, 1.54) is 16.0 Å². The van der Waals surface area contributed by atoms with Gasteiger partial charge in [-0.15, -0.1) is 11.8 Å². The van der Waals surface area contributed by atoms with Gasteiger partial charge in [-0.2, -0.15) is 0 Å². The van der Waals surface area contributed by atoms with Crippen LogP contribution in [0.3, 0.4) is 0 Å². The van der Waals surface area contributed by atoms with Crippen molar-refractivity contribution in [2.45, 2.75) is 4.90 Å². The highest BCUT2D eigenvalue weighted by atomic mass is 32.2. The van der Waals surface area contributed by atoms with Crippen LogP contribution < -0.4 is 5.44 Å². The van der Waals surface area contributed by atoms with Crippen molar-refractivity contribution in [3.8, 4) is 11.1 Å². The fourth-order valence-electron chi connectivity index (χ4n) is 1.43. The molecule has 0 aliphatic carbocycles. The molecular weight excluding hydrogens is 221 g/mol. The molecule has 0 aliphatic heterocycles. The lowest BCUT2D eigenvalue weighted by Gasteiger charge is -2.05. The molecule has 2 aromatic rings. The van der Waals surface area contributed by atoms with Crippen molar-refractivity contribution in [1.82, 2.24) is 4.98 Å². The van der Waals surface area contributed by atoms with Crippen molar-refractivity contribution in [3.05, 3.63) is 42.6 Å². The zero-order chi connectivity index (χ0) is 10.7. The summed E-state index contributed by atoms with van der Waals surface area (Å²) in [6.45, 7) is 0. The first-order valence-electron chi connectivity index (χ1n) is 4.66. The van der Waals surface area contributed by atoms with Gasteiger partial charge in [-0.25, -0.2) is 0 Å². The summed E-state index contributed by atoms with van der Waals surface area (Å²) in [5, 5.41) is 0. The molecule has 1 aromatic carbocycles. The number of benzene rings is 1. The standard InChI is InChI=1S/C12H12NPS/c1-15-10-6-4-9(5-7-10)11-3-2-8-13-12(11)14/h2-8H,14H2,1H3. The predicted molar refractivity (Wildman–Crippen MR) is 70.8 cm³/mol. The lowest BCUT2D eigenvalue weighted by Crippen LogP contribution is -2.00. The predicted octanol–water partition coefficient (Wildman–Crippen LogP) is 2.97. The van der Waals surface area contributed by atoms with E-state index >= 15 is 0 Å². The summed E-state index contributed by atoms with van der Waals surface area (Å²) in [5.74, 6) is 0. The number of rotatable bonds is 2. The fourth-order valence-corrected chi connectivity index (χ4v) is 2.19. The molecule has 15 heavy (non-hydrogen) atoms.